The van der Waals surface area contributed by atoms with Crippen LogP contribution in [0.1, 0.15) is 48.7 Å². The standard InChI is InChI=1S/C25H24BrNO/c1-24(2)17-25(3,19-11-5-4-6-12-19)21-14-7-8-15-22(21)27(24)23(28)18-10-9-13-20(26)16-18/h4-16H,17H2,1-3H3/t25-/m0/s1. The lowest BCUT2D eigenvalue weighted by Gasteiger charge is -2.51. The van der Waals surface area contributed by atoms with Gasteiger partial charge in [-0.2, -0.15) is 0 Å². The van der Waals surface area contributed by atoms with Gasteiger partial charge in [0.05, 0.1) is 0 Å². The van der Waals surface area contributed by atoms with Crippen LogP contribution < -0.4 is 4.90 Å². The van der Waals surface area contributed by atoms with Crippen molar-refractivity contribution in [3.05, 3.63) is 100 Å². The number of halogens is 1. The van der Waals surface area contributed by atoms with E-state index in [1.807, 2.05) is 35.2 Å². The van der Waals surface area contributed by atoms with E-state index in [2.05, 4.69) is 85.2 Å². The van der Waals surface area contributed by atoms with Gasteiger partial charge in [0.2, 0.25) is 0 Å². The molecule has 142 valence electrons. The Morgan fingerprint density at radius 3 is 2.29 bits per heavy atom. The fourth-order valence-corrected chi connectivity index (χ4v) is 5.10. The molecule has 2 nitrogen and oxygen atoms in total. The number of hydrogen-bond donors (Lipinski definition) is 0. The summed E-state index contributed by atoms with van der Waals surface area (Å²) in [6.07, 6.45) is 0.848. The first-order chi connectivity index (χ1) is 13.3. The van der Waals surface area contributed by atoms with Crippen molar-refractivity contribution >= 4 is 27.5 Å². The molecule has 0 radical (unpaired) electrons. The molecule has 0 N–H and O–H groups in total. The summed E-state index contributed by atoms with van der Waals surface area (Å²) in [6, 6.07) is 26.6. The zero-order chi connectivity index (χ0) is 19.9. The predicted octanol–water partition coefficient (Wildman–Crippen LogP) is 6.58. The molecule has 0 bridgehead atoms. The summed E-state index contributed by atoms with van der Waals surface area (Å²) in [7, 11) is 0. The molecule has 3 aromatic carbocycles. The monoisotopic (exact) mass is 433 g/mol. The number of amides is 1. The van der Waals surface area contributed by atoms with Gasteiger partial charge in [-0.1, -0.05) is 77.5 Å². The summed E-state index contributed by atoms with van der Waals surface area (Å²) in [5.41, 5.74) is 3.68. The van der Waals surface area contributed by atoms with Crippen molar-refractivity contribution in [1.82, 2.24) is 0 Å². The van der Waals surface area contributed by atoms with E-state index >= 15 is 0 Å². The van der Waals surface area contributed by atoms with Gasteiger partial charge in [-0.25, -0.2) is 0 Å². The van der Waals surface area contributed by atoms with E-state index in [-0.39, 0.29) is 16.9 Å². The number of carbonyl (C=O) groups excluding carboxylic acids is 1. The SMILES string of the molecule is CC1(C)C[C@@](C)(c2ccccc2)c2ccccc2N1C(=O)c1cccc(Br)c1. The van der Waals surface area contributed by atoms with Gasteiger partial charge in [-0.15, -0.1) is 0 Å². The van der Waals surface area contributed by atoms with Crippen LogP contribution in [-0.4, -0.2) is 11.4 Å². The lowest BCUT2D eigenvalue weighted by Crippen LogP contribution is -2.55. The fourth-order valence-electron chi connectivity index (χ4n) is 4.70. The zero-order valence-corrected chi connectivity index (χ0v) is 18.0. The molecule has 3 aromatic rings. The fraction of sp³-hybridized carbons (Fsp3) is 0.240. The van der Waals surface area contributed by atoms with Crippen LogP contribution in [0.3, 0.4) is 0 Å². The number of benzene rings is 3. The van der Waals surface area contributed by atoms with Crippen molar-refractivity contribution < 1.29 is 4.79 Å². The molecule has 0 aliphatic carbocycles. The molecule has 0 saturated heterocycles. The summed E-state index contributed by atoms with van der Waals surface area (Å²) in [6.45, 7) is 6.63. The highest BCUT2D eigenvalue weighted by molar-refractivity contribution is 9.10. The molecular weight excluding hydrogens is 410 g/mol. The maximum absolute atomic E-state index is 13.6. The topological polar surface area (TPSA) is 20.3 Å². The molecule has 0 unspecified atom stereocenters. The lowest BCUT2D eigenvalue weighted by molar-refractivity contribution is 0.0948. The molecule has 1 amide bonds. The van der Waals surface area contributed by atoms with Gasteiger partial charge in [0.15, 0.2) is 0 Å². The number of carbonyl (C=O) groups is 1. The number of rotatable bonds is 2. The van der Waals surface area contributed by atoms with Crippen LogP contribution in [0.25, 0.3) is 0 Å². The van der Waals surface area contributed by atoms with E-state index in [0.29, 0.717) is 5.56 Å². The molecule has 0 fully saturated rings. The molecule has 1 aliphatic rings. The quantitative estimate of drug-likeness (QED) is 0.446. The van der Waals surface area contributed by atoms with E-state index in [1.165, 1.54) is 11.1 Å². The maximum atomic E-state index is 13.6. The third-order valence-corrected chi connectivity index (χ3v) is 6.31. The average Bonchev–Trinajstić information content (AvgIpc) is 2.68. The Hall–Kier alpha value is -2.39. The molecule has 4 rings (SSSR count). The summed E-state index contributed by atoms with van der Waals surface area (Å²) in [5.74, 6) is 0.0360. The Bertz CT molecular complexity index is 1030. The highest BCUT2D eigenvalue weighted by Gasteiger charge is 2.47. The van der Waals surface area contributed by atoms with E-state index < -0.39 is 0 Å². The van der Waals surface area contributed by atoms with Gasteiger partial charge in [-0.3, -0.25) is 4.79 Å². The predicted molar refractivity (Wildman–Crippen MR) is 119 cm³/mol. The molecule has 28 heavy (non-hydrogen) atoms. The van der Waals surface area contributed by atoms with Crippen LogP contribution in [0.15, 0.2) is 83.3 Å². The maximum Gasteiger partial charge on any atom is 0.258 e. The lowest BCUT2D eigenvalue weighted by atomic mass is 9.65. The van der Waals surface area contributed by atoms with E-state index in [9.17, 15) is 4.79 Å². The third-order valence-electron chi connectivity index (χ3n) is 5.82. The van der Waals surface area contributed by atoms with Gasteiger partial charge in [0.25, 0.3) is 5.91 Å². The Balaban J connectivity index is 1.89. The van der Waals surface area contributed by atoms with Crippen molar-refractivity contribution in [3.63, 3.8) is 0 Å². The first kappa shape index (κ1) is 18.9. The van der Waals surface area contributed by atoms with Crippen molar-refractivity contribution in [3.8, 4) is 0 Å². The minimum Gasteiger partial charge on any atom is -0.302 e. The van der Waals surface area contributed by atoms with Gasteiger partial charge in [0, 0.05) is 26.7 Å². The summed E-state index contributed by atoms with van der Waals surface area (Å²) >= 11 is 3.49. The number of para-hydroxylation sites is 1. The van der Waals surface area contributed by atoms with Crippen LogP contribution >= 0.6 is 15.9 Å². The van der Waals surface area contributed by atoms with Crippen molar-refractivity contribution in [2.24, 2.45) is 0 Å². The minimum absolute atomic E-state index is 0.0360. The average molecular weight is 434 g/mol. The smallest absolute Gasteiger partial charge is 0.258 e. The second kappa shape index (κ2) is 6.89. The van der Waals surface area contributed by atoms with Crippen LogP contribution in [-0.2, 0) is 5.41 Å². The highest BCUT2D eigenvalue weighted by atomic mass is 79.9. The molecule has 0 saturated carbocycles. The van der Waals surface area contributed by atoms with Crippen molar-refractivity contribution in [2.75, 3.05) is 4.90 Å². The van der Waals surface area contributed by atoms with Crippen LogP contribution in [0.5, 0.6) is 0 Å². The van der Waals surface area contributed by atoms with Gasteiger partial charge in [0.1, 0.15) is 0 Å². The second-order valence-corrected chi connectivity index (χ2v) is 9.27. The number of anilines is 1. The molecule has 1 atom stereocenters. The van der Waals surface area contributed by atoms with Crippen LogP contribution in [0.2, 0.25) is 0 Å². The van der Waals surface area contributed by atoms with Crippen molar-refractivity contribution in [1.29, 1.82) is 0 Å². The summed E-state index contributed by atoms with van der Waals surface area (Å²) in [5, 5.41) is 0. The minimum atomic E-state index is -0.335. The number of fused-ring (bicyclic) bond motifs is 1. The molecule has 1 aliphatic heterocycles. The van der Waals surface area contributed by atoms with Gasteiger partial charge >= 0.3 is 0 Å². The van der Waals surface area contributed by atoms with Crippen LogP contribution in [0.4, 0.5) is 5.69 Å². The normalized spacial score (nSPS) is 20.5. The van der Waals surface area contributed by atoms with Gasteiger partial charge < -0.3 is 4.90 Å². The Morgan fingerprint density at radius 1 is 0.893 bits per heavy atom. The first-order valence-corrected chi connectivity index (χ1v) is 10.4. The molecule has 0 spiro atoms. The van der Waals surface area contributed by atoms with Gasteiger partial charge in [-0.05, 0) is 55.7 Å². The molecular formula is C25H24BrNO. The molecule has 0 aromatic heterocycles. The Kier molecular flexibility index (Phi) is 4.67. The summed E-state index contributed by atoms with van der Waals surface area (Å²) < 4.78 is 0.913. The molecule has 1 heterocycles. The van der Waals surface area contributed by atoms with E-state index in [1.54, 1.807) is 0 Å². The number of nitrogens with zero attached hydrogens (tertiary/aromatic N) is 1. The van der Waals surface area contributed by atoms with Crippen LogP contribution in [0, 0.1) is 0 Å². The largest absolute Gasteiger partial charge is 0.302 e. The number of hydrogen-bond acceptors (Lipinski definition) is 1. The van der Waals surface area contributed by atoms with Crippen molar-refractivity contribution in [2.45, 2.75) is 38.1 Å². The zero-order valence-electron chi connectivity index (χ0n) is 16.4. The third kappa shape index (κ3) is 3.08. The first-order valence-electron chi connectivity index (χ1n) is 9.58. The Morgan fingerprint density at radius 2 is 1.57 bits per heavy atom. The molecule has 3 heteroatoms. The highest BCUT2D eigenvalue weighted by Crippen LogP contribution is 2.50. The van der Waals surface area contributed by atoms with E-state index in [0.717, 1.165) is 16.6 Å². The second-order valence-electron chi connectivity index (χ2n) is 8.36. The van der Waals surface area contributed by atoms with E-state index in [4.69, 9.17) is 0 Å². The Labute approximate surface area is 175 Å². The summed E-state index contributed by atoms with van der Waals surface area (Å²) in [4.78, 5) is 15.6.